The van der Waals surface area contributed by atoms with Crippen LogP contribution in [0.25, 0.3) is 0 Å². The van der Waals surface area contributed by atoms with Gasteiger partial charge in [0, 0.05) is 24.0 Å². The Balaban J connectivity index is 1.74. The number of thiazole rings is 1. The molecule has 1 aromatic carbocycles. The van der Waals surface area contributed by atoms with Crippen molar-refractivity contribution < 1.29 is 0 Å². The van der Waals surface area contributed by atoms with Gasteiger partial charge in [0.15, 0.2) is 0 Å². The van der Waals surface area contributed by atoms with E-state index in [2.05, 4.69) is 35.4 Å². The highest BCUT2D eigenvalue weighted by Gasteiger charge is 2.21. The minimum atomic E-state index is 0.573. The maximum atomic E-state index is 4.37. The number of hydrogen-bond donors (Lipinski definition) is 1. The molecule has 1 heterocycles. The highest BCUT2D eigenvalue weighted by Crippen LogP contribution is 2.32. The standard InChI is InChI=1S/C16H20N2S/c1-2-7-17-15-6-4-13-10-12(3-5-14(13)15)11-16-18-8-9-19-16/h3,5,8-10,15,17H,2,4,6-7,11H2,1H3. The zero-order valence-electron chi connectivity index (χ0n) is 11.4. The zero-order chi connectivity index (χ0) is 13.1. The molecule has 1 unspecified atom stereocenters. The summed E-state index contributed by atoms with van der Waals surface area (Å²) >= 11 is 1.74. The summed E-state index contributed by atoms with van der Waals surface area (Å²) in [4.78, 5) is 4.37. The van der Waals surface area contributed by atoms with Crippen molar-refractivity contribution in [2.75, 3.05) is 6.54 Å². The fourth-order valence-electron chi connectivity index (χ4n) is 2.83. The third kappa shape index (κ3) is 2.88. The topological polar surface area (TPSA) is 24.9 Å². The SMILES string of the molecule is CCCNC1CCc2cc(Cc3nccs3)ccc21. The Morgan fingerprint density at radius 1 is 1.42 bits per heavy atom. The summed E-state index contributed by atoms with van der Waals surface area (Å²) in [6.45, 7) is 3.34. The highest BCUT2D eigenvalue weighted by molar-refractivity contribution is 7.09. The van der Waals surface area contributed by atoms with Crippen molar-refractivity contribution >= 4 is 11.3 Å². The molecule has 3 rings (SSSR count). The first kappa shape index (κ1) is 12.8. The van der Waals surface area contributed by atoms with Gasteiger partial charge < -0.3 is 5.32 Å². The molecule has 1 aliphatic carbocycles. The van der Waals surface area contributed by atoms with Gasteiger partial charge >= 0.3 is 0 Å². The Hall–Kier alpha value is -1.19. The number of nitrogens with one attached hydrogen (secondary N) is 1. The lowest BCUT2D eigenvalue weighted by Crippen LogP contribution is -2.19. The van der Waals surface area contributed by atoms with E-state index in [1.165, 1.54) is 41.0 Å². The largest absolute Gasteiger partial charge is 0.310 e. The second kappa shape index (κ2) is 5.85. The zero-order valence-corrected chi connectivity index (χ0v) is 12.2. The average molecular weight is 272 g/mol. The lowest BCUT2D eigenvalue weighted by Gasteiger charge is -2.13. The second-order valence-corrected chi connectivity index (χ2v) is 6.16. The second-order valence-electron chi connectivity index (χ2n) is 5.18. The number of aromatic nitrogens is 1. The molecule has 0 amide bonds. The summed E-state index contributed by atoms with van der Waals surface area (Å²) in [7, 11) is 0. The van der Waals surface area contributed by atoms with Gasteiger partial charge in [-0.3, -0.25) is 0 Å². The van der Waals surface area contributed by atoms with E-state index >= 15 is 0 Å². The van der Waals surface area contributed by atoms with Gasteiger partial charge in [-0.2, -0.15) is 0 Å². The molecule has 19 heavy (non-hydrogen) atoms. The van der Waals surface area contributed by atoms with Crippen molar-refractivity contribution in [2.24, 2.45) is 0 Å². The Bertz CT molecular complexity index is 534. The molecule has 1 N–H and O–H groups in total. The van der Waals surface area contributed by atoms with E-state index in [9.17, 15) is 0 Å². The van der Waals surface area contributed by atoms with Crippen molar-refractivity contribution in [3.8, 4) is 0 Å². The van der Waals surface area contributed by atoms with E-state index in [1.54, 1.807) is 11.3 Å². The van der Waals surface area contributed by atoms with Crippen molar-refractivity contribution in [1.82, 2.24) is 10.3 Å². The lowest BCUT2D eigenvalue weighted by atomic mass is 10.0. The first-order chi connectivity index (χ1) is 9.36. The van der Waals surface area contributed by atoms with Crippen LogP contribution in [0, 0.1) is 0 Å². The lowest BCUT2D eigenvalue weighted by molar-refractivity contribution is 0.529. The van der Waals surface area contributed by atoms with Gasteiger partial charge in [0.2, 0.25) is 0 Å². The van der Waals surface area contributed by atoms with Crippen LogP contribution in [0.3, 0.4) is 0 Å². The minimum absolute atomic E-state index is 0.573. The van der Waals surface area contributed by atoms with Crippen LogP contribution in [0.4, 0.5) is 0 Å². The Kier molecular flexibility index (Phi) is 3.95. The molecule has 0 aliphatic heterocycles. The Morgan fingerprint density at radius 2 is 2.37 bits per heavy atom. The quantitative estimate of drug-likeness (QED) is 0.897. The van der Waals surface area contributed by atoms with Crippen molar-refractivity contribution in [1.29, 1.82) is 0 Å². The van der Waals surface area contributed by atoms with Crippen molar-refractivity contribution in [3.05, 3.63) is 51.5 Å². The fraction of sp³-hybridized carbons (Fsp3) is 0.438. The van der Waals surface area contributed by atoms with Crippen molar-refractivity contribution in [2.45, 2.75) is 38.6 Å². The molecule has 0 fully saturated rings. The molecular weight excluding hydrogens is 252 g/mol. The van der Waals surface area contributed by atoms with Crippen LogP contribution in [0.2, 0.25) is 0 Å². The van der Waals surface area contributed by atoms with Gasteiger partial charge in [-0.1, -0.05) is 25.1 Å². The predicted molar refractivity (Wildman–Crippen MR) is 80.7 cm³/mol. The molecule has 0 radical (unpaired) electrons. The first-order valence-electron chi connectivity index (χ1n) is 7.10. The fourth-order valence-corrected chi connectivity index (χ4v) is 3.48. The van der Waals surface area contributed by atoms with Crippen LogP contribution in [-0.2, 0) is 12.8 Å². The van der Waals surface area contributed by atoms with Gasteiger partial charge in [0.25, 0.3) is 0 Å². The van der Waals surface area contributed by atoms with Gasteiger partial charge in [-0.05, 0) is 42.5 Å². The third-order valence-corrected chi connectivity index (χ3v) is 4.54. The minimum Gasteiger partial charge on any atom is -0.310 e. The molecule has 2 nitrogen and oxygen atoms in total. The van der Waals surface area contributed by atoms with Gasteiger partial charge in [-0.15, -0.1) is 11.3 Å². The maximum absolute atomic E-state index is 4.37. The van der Waals surface area contributed by atoms with E-state index < -0.39 is 0 Å². The number of rotatable bonds is 5. The molecular formula is C16H20N2S. The average Bonchev–Trinajstić information content (AvgIpc) is 3.06. The number of benzene rings is 1. The predicted octanol–water partition coefficient (Wildman–Crippen LogP) is 3.72. The summed E-state index contributed by atoms with van der Waals surface area (Å²) in [5, 5.41) is 6.90. The molecule has 0 saturated carbocycles. The molecule has 0 bridgehead atoms. The molecule has 1 atom stereocenters. The number of nitrogens with zero attached hydrogens (tertiary/aromatic N) is 1. The molecule has 100 valence electrons. The maximum Gasteiger partial charge on any atom is 0.0968 e. The Morgan fingerprint density at radius 3 is 3.16 bits per heavy atom. The van der Waals surface area contributed by atoms with E-state index in [0.29, 0.717) is 6.04 Å². The van der Waals surface area contributed by atoms with E-state index in [-0.39, 0.29) is 0 Å². The number of aryl methyl sites for hydroxylation is 1. The number of hydrogen-bond acceptors (Lipinski definition) is 3. The Labute approximate surface area is 118 Å². The summed E-state index contributed by atoms with van der Waals surface area (Å²) < 4.78 is 0. The monoisotopic (exact) mass is 272 g/mol. The molecule has 2 aromatic rings. The van der Waals surface area contributed by atoms with Crippen LogP contribution < -0.4 is 5.32 Å². The molecule has 3 heteroatoms. The molecule has 0 spiro atoms. The van der Waals surface area contributed by atoms with Crippen LogP contribution in [0.15, 0.2) is 29.8 Å². The normalized spacial score (nSPS) is 17.6. The molecule has 1 aromatic heterocycles. The number of fused-ring (bicyclic) bond motifs is 1. The van der Waals surface area contributed by atoms with Gasteiger partial charge in [0.05, 0.1) is 5.01 Å². The molecule has 1 aliphatic rings. The summed E-state index contributed by atoms with van der Waals surface area (Å²) in [5.41, 5.74) is 4.43. The van der Waals surface area contributed by atoms with Crippen LogP contribution >= 0.6 is 11.3 Å². The van der Waals surface area contributed by atoms with E-state index in [1.807, 2.05) is 11.6 Å². The highest BCUT2D eigenvalue weighted by atomic mass is 32.1. The summed E-state index contributed by atoms with van der Waals surface area (Å²) in [6, 6.07) is 7.54. The third-order valence-electron chi connectivity index (χ3n) is 3.76. The van der Waals surface area contributed by atoms with Gasteiger partial charge in [-0.25, -0.2) is 4.98 Å². The summed E-state index contributed by atoms with van der Waals surface area (Å²) in [6.07, 6.45) is 6.52. The van der Waals surface area contributed by atoms with E-state index in [0.717, 1.165) is 13.0 Å². The molecule has 0 saturated heterocycles. The van der Waals surface area contributed by atoms with Crippen LogP contribution in [0.1, 0.15) is 47.5 Å². The van der Waals surface area contributed by atoms with Crippen LogP contribution in [-0.4, -0.2) is 11.5 Å². The smallest absolute Gasteiger partial charge is 0.0968 e. The van der Waals surface area contributed by atoms with E-state index in [4.69, 9.17) is 0 Å². The first-order valence-corrected chi connectivity index (χ1v) is 7.98. The van der Waals surface area contributed by atoms with Crippen LogP contribution in [0.5, 0.6) is 0 Å². The van der Waals surface area contributed by atoms with Crippen molar-refractivity contribution in [3.63, 3.8) is 0 Å². The van der Waals surface area contributed by atoms with Gasteiger partial charge in [0.1, 0.15) is 0 Å². The summed E-state index contributed by atoms with van der Waals surface area (Å²) in [5.74, 6) is 0.